The fraction of sp³-hybridized carbons (Fsp3) is 0.514. The molecule has 11 nitrogen and oxygen atoms in total. The molecule has 1 amide bonds. The van der Waals surface area contributed by atoms with Gasteiger partial charge in [-0.25, -0.2) is 19.6 Å². The number of carbonyl (C=O) groups is 3. The number of nitrogens with zero attached hydrogens (tertiary/aromatic N) is 2. The van der Waals surface area contributed by atoms with E-state index in [1.807, 2.05) is 31.2 Å². The van der Waals surface area contributed by atoms with Crippen molar-refractivity contribution >= 4 is 46.6 Å². The molecule has 0 spiro atoms. The third-order valence-electron chi connectivity index (χ3n) is 8.53. The van der Waals surface area contributed by atoms with Crippen LogP contribution < -0.4 is 10.6 Å². The number of aliphatic hydroxyl groups is 1. The van der Waals surface area contributed by atoms with Crippen LogP contribution in [-0.2, 0) is 25.4 Å². The number of halogens is 1. The Bertz CT molecular complexity index is 1660. The normalized spacial score (nSPS) is 21.4. The number of ether oxygens (including phenoxy) is 3. The standard InChI is InChI=1S/C35H43ClN4O7S/c1-18(2)29(40-34(44)47-35(4,5)6)33(43)46-27-13-23(11-21(27)16-41)39-32-26(15-37-17-38-32)30(42)28-14-24(19(3)48-28)31-25-12-22(36)8-7-20(25)9-10-45-31/h7-8,12,14-15,17-18,21,23,27,29,31,41H,9-11,13,16H2,1-6H3,(H,40,44)(H,37,38,39)/t21?,23?,27?,29-,31+/m1/s1. The van der Waals surface area contributed by atoms with Gasteiger partial charge < -0.3 is 30.0 Å². The number of aliphatic hydroxyl groups excluding tert-OH is 1. The molecule has 0 radical (unpaired) electrons. The van der Waals surface area contributed by atoms with Crippen molar-refractivity contribution in [2.45, 2.75) is 90.7 Å². The van der Waals surface area contributed by atoms with Crippen LogP contribution in [0.5, 0.6) is 0 Å². The Labute approximate surface area is 289 Å². The molecule has 3 heterocycles. The van der Waals surface area contributed by atoms with Gasteiger partial charge in [-0.2, -0.15) is 0 Å². The van der Waals surface area contributed by atoms with E-state index < -0.39 is 29.8 Å². The van der Waals surface area contributed by atoms with Crippen molar-refractivity contribution in [3.63, 3.8) is 0 Å². The van der Waals surface area contributed by atoms with Gasteiger partial charge in [0, 0.05) is 41.1 Å². The number of hydrogen-bond donors (Lipinski definition) is 3. The number of esters is 1. The number of fused-ring (bicyclic) bond motifs is 1. The molecule has 1 fully saturated rings. The van der Waals surface area contributed by atoms with Crippen LogP contribution in [0.25, 0.3) is 0 Å². The summed E-state index contributed by atoms with van der Waals surface area (Å²) in [5.74, 6) is -1.09. The van der Waals surface area contributed by atoms with Crippen LogP contribution in [-0.4, -0.2) is 69.9 Å². The van der Waals surface area contributed by atoms with Crippen molar-refractivity contribution in [3.8, 4) is 0 Å². The maximum Gasteiger partial charge on any atom is 0.408 e. The zero-order chi connectivity index (χ0) is 34.7. The topological polar surface area (TPSA) is 149 Å². The lowest BCUT2D eigenvalue weighted by molar-refractivity contribution is -0.155. The maximum absolute atomic E-state index is 13.9. The van der Waals surface area contributed by atoms with E-state index in [0.717, 1.165) is 22.4 Å². The van der Waals surface area contributed by atoms with Gasteiger partial charge >= 0.3 is 12.1 Å². The molecule has 5 rings (SSSR count). The molecule has 2 aliphatic rings. The van der Waals surface area contributed by atoms with Gasteiger partial charge in [-0.1, -0.05) is 31.5 Å². The van der Waals surface area contributed by atoms with E-state index in [1.54, 1.807) is 34.6 Å². The Morgan fingerprint density at radius 1 is 1.17 bits per heavy atom. The van der Waals surface area contributed by atoms with Crippen LogP contribution in [0.1, 0.15) is 90.4 Å². The molecule has 48 heavy (non-hydrogen) atoms. The van der Waals surface area contributed by atoms with E-state index in [0.29, 0.717) is 40.7 Å². The second-order valence-electron chi connectivity index (χ2n) is 13.7. The van der Waals surface area contributed by atoms with Crippen molar-refractivity contribution in [2.24, 2.45) is 11.8 Å². The lowest BCUT2D eigenvalue weighted by Crippen LogP contribution is -2.48. The molecule has 0 saturated heterocycles. The smallest absolute Gasteiger partial charge is 0.408 e. The number of ketones is 1. The van der Waals surface area contributed by atoms with Gasteiger partial charge in [-0.15, -0.1) is 11.3 Å². The lowest BCUT2D eigenvalue weighted by Gasteiger charge is -2.26. The number of thiophene rings is 1. The van der Waals surface area contributed by atoms with Crippen molar-refractivity contribution in [2.75, 3.05) is 18.5 Å². The molecule has 1 aliphatic heterocycles. The van der Waals surface area contributed by atoms with Gasteiger partial charge in [0.2, 0.25) is 5.78 Å². The Hall–Kier alpha value is -3.58. The van der Waals surface area contributed by atoms with Crippen molar-refractivity contribution in [1.29, 1.82) is 0 Å². The largest absolute Gasteiger partial charge is 0.460 e. The van der Waals surface area contributed by atoms with Crippen LogP contribution in [0, 0.1) is 18.8 Å². The first-order valence-electron chi connectivity index (χ1n) is 16.2. The summed E-state index contributed by atoms with van der Waals surface area (Å²) in [4.78, 5) is 49.5. The molecular weight excluding hydrogens is 656 g/mol. The fourth-order valence-electron chi connectivity index (χ4n) is 6.17. The number of rotatable bonds is 10. The molecule has 1 aliphatic carbocycles. The molecular formula is C35H43ClN4O7S. The minimum atomic E-state index is -0.930. The van der Waals surface area contributed by atoms with Gasteiger partial charge in [-0.05, 0) is 81.3 Å². The molecule has 1 saturated carbocycles. The quantitative estimate of drug-likeness (QED) is 0.169. The number of amides is 1. The summed E-state index contributed by atoms with van der Waals surface area (Å²) < 4.78 is 17.4. The summed E-state index contributed by atoms with van der Waals surface area (Å²) in [6.45, 7) is 11.2. The van der Waals surface area contributed by atoms with Crippen molar-refractivity contribution < 1.29 is 33.7 Å². The second-order valence-corrected chi connectivity index (χ2v) is 15.4. The van der Waals surface area contributed by atoms with E-state index in [2.05, 4.69) is 20.6 Å². The summed E-state index contributed by atoms with van der Waals surface area (Å²) in [5.41, 5.74) is 2.69. The molecule has 3 unspecified atom stereocenters. The summed E-state index contributed by atoms with van der Waals surface area (Å²) in [5, 5.41) is 16.7. The number of carbonyl (C=O) groups excluding carboxylic acids is 3. The molecule has 0 bridgehead atoms. The zero-order valence-corrected chi connectivity index (χ0v) is 29.6. The Kier molecular flexibility index (Phi) is 11.1. The summed E-state index contributed by atoms with van der Waals surface area (Å²) in [6.07, 6.45) is 2.85. The molecule has 1 aromatic carbocycles. The van der Waals surface area contributed by atoms with Crippen LogP contribution in [0.2, 0.25) is 5.02 Å². The van der Waals surface area contributed by atoms with E-state index in [-0.39, 0.29) is 36.4 Å². The maximum atomic E-state index is 13.9. The van der Waals surface area contributed by atoms with Crippen LogP contribution in [0.3, 0.4) is 0 Å². The predicted molar refractivity (Wildman–Crippen MR) is 183 cm³/mol. The molecule has 13 heteroatoms. The third kappa shape index (κ3) is 8.34. The highest BCUT2D eigenvalue weighted by Gasteiger charge is 2.39. The first kappa shape index (κ1) is 35.7. The summed E-state index contributed by atoms with van der Waals surface area (Å²) >= 11 is 7.71. The molecule has 3 aromatic rings. The highest BCUT2D eigenvalue weighted by Crippen LogP contribution is 2.39. The molecule has 5 atom stereocenters. The van der Waals surface area contributed by atoms with Crippen molar-refractivity contribution in [3.05, 3.63) is 73.8 Å². The minimum Gasteiger partial charge on any atom is -0.460 e. The first-order chi connectivity index (χ1) is 22.7. The highest BCUT2D eigenvalue weighted by atomic mass is 35.5. The first-order valence-corrected chi connectivity index (χ1v) is 17.4. The SMILES string of the molecule is Cc1sc(C(=O)c2cncnc2NC2CC(CO)C(OC(=O)[C@H](NC(=O)OC(C)(C)C)C(C)C)C2)cc1[C@@H]1OCCc2ccc(Cl)cc21. The van der Waals surface area contributed by atoms with Gasteiger partial charge in [0.05, 0.1) is 17.0 Å². The molecule has 258 valence electrons. The number of nitrogens with one attached hydrogen (secondary N) is 2. The highest BCUT2D eigenvalue weighted by molar-refractivity contribution is 7.14. The fourth-order valence-corrected chi connectivity index (χ4v) is 7.35. The van der Waals surface area contributed by atoms with Gasteiger partial charge in [0.1, 0.15) is 36.0 Å². The number of anilines is 1. The summed E-state index contributed by atoms with van der Waals surface area (Å²) in [6, 6.07) is 6.53. The number of benzene rings is 1. The van der Waals surface area contributed by atoms with Crippen LogP contribution >= 0.6 is 22.9 Å². The lowest BCUT2D eigenvalue weighted by atomic mass is 9.93. The Balaban J connectivity index is 1.29. The van der Waals surface area contributed by atoms with E-state index in [1.165, 1.54) is 29.4 Å². The molecule has 3 N–H and O–H groups in total. The number of hydrogen-bond acceptors (Lipinski definition) is 11. The van der Waals surface area contributed by atoms with E-state index >= 15 is 0 Å². The monoisotopic (exact) mass is 698 g/mol. The average Bonchev–Trinajstić information content (AvgIpc) is 3.60. The average molecular weight is 699 g/mol. The minimum absolute atomic E-state index is 0.202. The van der Waals surface area contributed by atoms with E-state index in [9.17, 15) is 19.5 Å². The number of aromatic nitrogens is 2. The van der Waals surface area contributed by atoms with Gasteiger partial charge in [0.25, 0.3) is 0 Å². The van der Waals surface area contributed by atoms with Gasteiger partial charge in [0.15, 0.2) is 0 Å². The third-order valence-corrected chi connectivity index (χ3v) is 9.83. The Morgan fingerprint density at radius 2 is 1.94 bits per heavy atom. The van der Waals surface area contributed by atoms with Crippen LogP contribution in [0.15, 0.2) is 36.8 Å². The number of aryl methyl sites for hydroxylation is 1. The predicted octanol–water partition coefficient (Wildman–Crippen LogP) is 6.04. The van der Waals surface area contributed by atoms with Gasteiger partial charge in [-0.3, -0.25) is 4.79 Å². The van der Waals surface area contributed by atoms with Crippen molar-refractivity contribution in [1.82, 2.24) is 15.3 Å². The van der Waals surface area contributed by atoms with E-state index in [4.69, 9.17) is 25.8 Å². The molecule has 2 aromatic heterocycles. The zero-order valence-electron chi connectivity index (χ0n) is 28.0. The van der Waals surface area contributed by atoms with Crippen LogP contribution in [0.4, 0.5) is 10.6 Å². The second kappa shape index (κ2) is 14.9. The summed E-state index contributed by atoms with van der Waals surface area (Å²) in [7, 11) is 0. The number of alkyl carbamates (subject to hydrolysis) is 1. The Morgan fingerprint density at radius 3 is 2.65 bits per heavy atom.